The van der Waals surface area contributed by atoms with Gasteiger partial charge in [-0.15, -0.1) is 0 Å². The van der Waals surface area contributed by atoms with Gasteiger partial charge in [-0.25, -0.2) is 4.98 Å². The molecule has 78 valence electrons. The minimum atomic E-state index is 0.642. The zero-order valence-corrected chi connectivity index (χ0v) is 11.4. The second kappa shape index (κ2) is 4.68. The summed E-state index contributed by atoms with van der Waals surface area (Å²) in [6.45, 7) is 0. The summed E-state index contributed by atoms with van der Waals surface area (Å²) in [5.74, 6) is 0.712. The number of nitrogens with zero attached hydrogens (tertiary/aromatic N) is 1. The predicted octanol–water partition coefficient (Wildman–Crippen LogP) is 4.65. The molecule has 0 bridgehead atoms. The van der Waals surface area contributed by atoms with E-state index >= 15 is 0 Å². The molecule has 0 saturated heterocycles. The van der Waals surface area contributed by atoms with Gasteiger partial charge >= 0.3 is 0 Å². The second-order valence-corrected chi connectivity index (χ2v) is 4.77. The van der Waals surface area contributed by atoms with Crippen LogP contribution in [0.3, 0.4) is 0 Å². The van der Waals surface area contributed by atoms with Crippen molar-refractivity contribution in [3.8, 4) is 11.3 Å². The van der Waals surface area contributed by atoms with Crippen molar-refractivity contribution >= 4 is 43.5 Å². The Morgan fingerprint density at radius 1 is 1.40 bits per heavy atom. The number of hydrogen-bond acceptors (Lipinski definition) is 2. The lowest BCUT2D eigenvalue weighted by molar-refractivity contribution is 0.571. The van der Waals surface area contributed by atoms with Crippen LogP contribution in [0.4, 0.5) is 0 Å². The minimum Gasteiger partial charge on any atom is -0.443 e. The molecule has 0 unspecified atom stereocenters. The van der Waals surface area contributed by atoms with E-state index < -0.39 is 0 Å². The number of aromatic nitrogens is 1. The monoisotopic (exact) mass is 349 g/mol. The van der Waals surface area contributed by atoms with Crippen LogP contribution in [0.5, 0.6) is 0 Å². The van der Waals surface area contributed by atoms with Crippen molar-refractivity contribution in [3.63, 3.8) is 0 Å². The summed E-state index contributed by atoms with van der Waals surface area (Å²) in [4.78, 5) is 4.09. The number of rotatable bonds is 2. The first kappa shape index (κ1) is 11.2. The maximum absolute atomic E-state index is 6.12. The molecule has 0 aliphatic carbocycles. The van der Waals surface area contributed by atoms with Gasteiger partial charge in [-0.05, 0) is 18.2 Å². The third-order valence-corrected chi connectivity index (χ3v) is 3.28. The standard InChI is InChI=1S/C10H6Br2ClNO/c11-4-9-10(15-5-14-9)7-2-1-6(12)3-8(7)13/h1-3,5H,4H2. The number of oxazole rings is 1. The van der Waals surface area contributed by atoms with Gasteiger partial charge in [0.1, 0.15) is 0 Å². The summed E-state index contributed by atoms with van der Waals surface area (Å²) < 4.78 is 6.26. The minimum absolute atomic E-state index is 0.642. The molecule has 0 amide bonds. The summed E-state index contributed by atoms with van der Waals surface area (Å²) in [6.07, 6.45) is 1.42. The van der Waals surface area contributed by atoms with E-state index in [2.05, 4.69) is 36.8 Å². The van der Waals surface area contributed by atoms with Crippen molar-refractivity contribution in [2.24, 2.45) is 0 Å². The molecular weight excluding hydrogens is 345 g/mol. The number of halogens is 3. The van der Waals surface area contributed by atoms with E-state index in [0.29, 0.717) is 16.1 Å². The first-order valence-corrected chi connectivity index (χ1v) is 6.45. The molecule has 0 spiro atoms. The van der Waals surface area contributed by atoms with Crippen molar-refractivity contribution in [1.82, 2.24) is 4.98 Å². The van der Waals surface area contributed by atoms with Crippen molar-refractivity contribution < 1.29 is 4.42 Å². The largest absolute Gasteiger partial charge is 0.443 e. The van der Waals surface area contributed by atoms with E-state index in [-0.39, 0.29) is 0 Å². The molecule has 1 aromatic heterocycles. The maximum atomic E-state index is 6.12. The lowest BCUT2D eigenvalue weighted by Crippen LogP contribution is -1.83. The Labute approximate surface area is 109 Å². The first-order valence-electron chi connectivity index (χ1n) is 4.16. The van der Waals surface area contributed by atoms with Crippen molar-refractivity contribution in [2.75, 3.05) is 0 Å². The molecule has 2 nitrogen and oxygen atoms in total. The van der Waals surface area contributed by atoms with E-state index in [1.54, 1.807) is 0 Å². The molecule has 5 heteroatoms. The van der Waals surface area contributed by atoms with E-state index in [1.807, 2.05) is 18.2 Å². The summed E-state index contributed by atoms with van der Waals surface area (Å²) in [7, 11) is 0. The average Bonchev–Trinajstić information content (AvgIpc) is 2.65. The number of alkyl halides is 1. The van der Waals surface area contributed by atoms with Crippen LogP contribution in [0.15, 0.2) is 33.5 Å². The molecule has 15 heavy (non-hydrogen) atoms. The van der Waals surface area contributed by atoms with Crippen LogP contribution in [0.2, 0.25) is 5.02 Å². The Kier molecular flexibility index (Phi) is 3.49. The van der Waals surface area contributed by atoms with Crippen LogP contribution < -0.4 is 0 Å². The van der Waals surface area contributed by atoms with Crippen LogP contribution in [0.25, 0.3) is 11.3 Å². The highest BCUT2D eigenvalue weighted by Gasteiger charge is 2.12. The Balaban J connectivity index is 2.54. The fourth-order valence-corrected chi connectivity index (χ4v) is 2.42. The molecule has 0 aliphatic rings. The van der Waals surface area contributed by atoms with Crippen molar-refractivity contribution in [1.29, 1.82) is 0 Å². The molecule has 0 N–H and O–H groups in total. The summed E-state index contributed by atoms with van der Waals surface area (Å²) in [5, 5.41) is 1.29. The van der Waals surface area contributed by atoms with Crippen molar-refractivity contribution in [3.05, 3.63) is 39.8 Å². The lowest BCUT2D eigenvalue weighted by Gasteiger charge is -2.02. The summed E-state index contributed by atoms with van der Waals surface area (Å²) >= 11 is 12.8. The van der Waals surface area contributed by atoms with Crippen LogP contribution in [0.1, 0.15) is 5.69 Å². The quantitative estimate of drug-likeness (QED) is 0.736. The molecule has 1 heterocycles. The SMILES string of the molecule is Clc1cc(Br)ccc1-c1ocnc1CBr. The second-order valence-electron chi connectivity index (χ2n) is 2.89. The molecule has 2 rings (SSSR count). The van der Waals surface area contributed by atoms with Crippen molar-refractivity contribution in [2.45, 2.75) is 5.33 Å². The van der Waals surface area contributed by atoms with E-state index in [9.17, 15) is 0 Å². The first-order chi connectivity index (χ1) is 7.22. The Hall–Kier alpha value is -0.320. The third kappa shape index (κ3) is 2.27. The molecule has 2 aromatic rings. The molecule has 0 fully saturated rings. The zero-order chi connectivity index (χ0) is 10.8. The smallest absolute Gasteiger partial charge is 0.181 e. The van der Waals surface area contributed by atoms with Gasteiger partial charge in [0.2, 0.25) is 0 Å². The van der Waals surface area contributed by atoms with Crippen LogP contribution in [-0.4, -0.2) is 4.98 Å². The highest BCUT2D eigenvalue weighted by Crippen LogP contribution is 2.32. The predicted molar refractivity (Wildman–Crippen MR) is 67.3 cm³/mol. The normalized spacial score (nSPS) is 10.6. The van der Waals surface area contributed by atoms with Gasteiger partial charge in [0.25, 0.3) is 0 Å². The maximum Gasteiger partial charge on any atom is 0.181 e. The molecule has 0 saturated carbocycles. The highest BCUT2D eigenvalue weighted by molar-refractivity contribution is 9.10. The van der Waals surface area contributed by atoms with E-state index in [1.165, 1.54) is 6.39 Å². The molecular formula is C10H6Br2ClNO. The molecule has 0 atom stereocenters. The van der Waals surface area contributed by atoms with Gasteiger partial charge in [-0.1, -0.05) is 43.5 Å². The van der Waals surface area contributed by atoms with Gasteiger partial charge in [0.05, 0.1) is 10.7 Å². The molecule has 1 aromatic carbocycles. The van der Waals surface area contributed by atoms with Crippen LogP contribution >= 0.6 is 43.5 Å². The van der Waals surface area contributed by atoms with E-state index in [4.69, 9.17) is 16.0 Å². The van der Waals surface area contributed by atoms with E-state index in [0.717, 1.165) is 15.7 Å². The summed E-state index contributed by atoms with van der Waals surface area (Å²) in [6, 6.07) is 5.65. The van der Waals surface area contributed by atoms with Gasteiger partial charge in [-0.3, -0.25) is 0 Å². The molecule has 0 radical (unpaired) electrons. The lowest BCUT2D eigenvalue weighted by atomic mass is 10.1. The highest BCUT2D eigenvalue weighted by atomic mass is 79.9. The van der Waals surface area contributed by atoms with Crippen LogP contribution in [-0.2, 0) is 5.33 Å². The van der Waals surface area contributed by atoms with Gasteiger partial charge in [0.15, 0.2) is 12.2 Å². The third-order valence-electron chi connectivity index (χ3n) is 1.94. The Morgan fingerprint density at radius 3 is 2.87 bits per heavy atom. The Morgan fingerprint density at radius 2 is 2.20 bits per heavy atom. The summed E-state index contributed by atoms with van der Waals surface area (Å²) in [5.41, 5.74) is 1.70. The fourth-order valence-electron chi connectivity index (χ4n) is 1.26. The number of benzene rings is 1. The van der Waals surface area contributed by atoms with Gasteiger partial charge in [0, 0.05) is 15.4 Å². The average molecular weight is 351 g/mol. The van der Waals surface area contributed by atoms with Crippen LogP contribution in [0, 0.1) is 0 Å². The van der Waals surface area contributed by atoms with Gasteiger partial charge in [-0.2, -0.15) is 0 Å². The Bertz CT molecular complexity index is 484. The fraction of sp³-hybridized carbons (Fsp3) is 0.100. The zero-order valence-electron chi connectivity index (χ0n) is 7.51. The van der Waals surface area contributed by atoms with Gasteiger partial charge < -0.3 is 4.42 Å². The topological polar surface area (TPSA) is 26.0 Å². The molecule has 0 aliphatic heterocycles. The number of hydrogen-bond donors (Lipinski definition) is 0.